The summed E-state index contributed by atoms with van der Waals surface area (Å²) in [6, 6.07) is 0. The summed E-state index contributed by atoms with van der Waals surface area (Å²) in [5, 5.41) is 1.48. The van der Waals surface area contributed by atoms with E-state index < -0.39 is 0 Å². The van der Waals surface area contributed by atoms with E-state index in [1.54, 1.807) is 0 Å². The number of hydrogen-bond donors (Lipinski definition) is 0. The zero-order chi connectivity index (χ0) is 8.31. The molecule has 0 spiro atoms. The van der Waals surface area contributed by atoms with Crippen LogP contribution in [0.25, 0.3) is 0 Å². The van der Waals surface area contributed by atoms with E-state index in [1.165, 1.54) is 11.0 Å². The molecule has 0 unspecified atom stereocenters. The molecule has 2 nitrogen and oxygen atoms in total. The van der Waals surface area contributed by atoms with Crippen LogP contribution in [0.5, 0.6) is 0 Å². The van der Waals surface area contributed by atoms with E-state index >= 15 is 0 Å². The average molecular weight is 158 g/mol. The minimum atomic E-state index is 1.14. The van der Waals surface area contributed by atoms with E-state index in [2.05, 4.69) is 44.9 Å². The molecule has 0 aromatic rings. The van der Waals surface area contributed by atoms with Gasteiger partial charge in [-0.3, -0.25) is 0 Å². The van der Waals surface area contributed by atoms with E-state index in [1.807, 2.05) is 0 Å². The highest BCUT2D eigenvalue weighted by molar-refractivity contribution is 6.21. The second-order valence-corrected chi connectivity index (χ2v) is 4.61. The Morgan fingerprint density at radius 2 is 1.30 bits per heavy atom. The molecule has 0 aliphatic heterocycles. The summed E-state index contributed by atoms with van der Waals surface area (Å²) in [6.07, 6.45) is 0. The monoisotopic (exact) mass is 158 g/mol. The van der Waals surface area contributed by atoms with Crippen molar-refractivity contribution in [3.05, 3.63) is 11.0 Å². The van der Waals surface area contributed by atoms with Crippen molar-refractivity contribution < 1.29 is 0 Å². The Kier molecular flexibility index (Phi) is 3.50. The Hall–Kier alpha value is -0.443. The van der Waals surface area contributed by atoms with Gasteiger partial charge in [-0.1, -0.05) is 5.20 Å². The number of allylic oxidation sites excluding steroid dienone is 1. The van der Waals surface area contributed by atoms with Gasteiger partial charge in [0.25, 0.3) is 0 Å². The summed E-state index contributed by atoms with van der Waals surface area (Å²) in [6.45, 7) is 2.18. The van der Waals surface area contributed by atoms with Crippen LogP contribution in [0.15, 0.2) is 11.0 Å². The molecule has 0 atom stereocenters. The van der Waals surface area contributed by atoms with E-state index in [4.69, 9.17) is 0 Å². The Balaban J connectivity index is 4.44. The highest BCUT2D eigenvalue weighted by Gasteiger charge is 2.02. The van der Waals surface area contributed by atoms with E-state index in [0.717, 1.165) is 10.2 Å². The first kappa shape index (κ1) is 9.56. The highest BCUT2D eigenvalue weighted by atomic mass is 28.1. The first-order chi connectivity index (χ1) is 4.46. The fourth-order valence-corrected chi connectivity index (χ4v) is 2.19. The highest BCUT2D eigenvalue weighted by Crippen LogP contribution is 2.05. The lowest BCUT2D eigenvalue weighted by Crippen LogP contribution is -2.26. The molecular formula is C7H18N2Si. The van der Waals surface area contributed by atoms with Crippen molar-refractivity contribution in [1.29, 1.82) is 0 Å². The van der Waals surface area contributed by atoms with Crippen LogP contribution in [0.3, 0.4) is 0 Å². The van der Waals surface area contributed by atoms with E-state index in [9.17, 15) is 0 Å². The third kappa shape index (κ3) is 2.43. The van der Waals surface area contributed by atoms with E-state index in [0.29, 0.717) is 0 Å². The second-order valence-electron chi connectivity index (χ2n) is 3.11. The number of rotatable bonds is 2. The van der Waals surface area contributed by atoms with E-state index in [-0.39, 0.29) is 0 Å². The molecule has 0 fully saturated rings. The summed E-state index contributed by atoms with van der Waals surface area (Å²) in [5.41, 5.74) is 0. The molecule has 0 bridgehead atoms. The Morgan fingerprint density at radius 1 is 1.00 bits per heavy atom. The van der Waals surface area contributed by atoms with Gasteiger partial charge in [-0.2, -0.15) is 0 Å². The molecule has 0 N–H and O–H groups in total. The maximum Gasteiger partial charge on any atom is 0.0967 e. The fourth-order valence-electron chi connectivity index (χ4n) is 1.29. The first-order valence-electron chi connectivity index (χ1n) is 3.49. The van der Waals surface area contributed by atoms with Crippen molar-refractivity contribution in [2.45, 2.75) is 6.92 Å². The van der Waals surface area contributed by atoms with Crippen LogP contribution in [0.1, 0.15) is 6.92 Å². The molecule has 10 heavy (non-hydrogen) atoms. The van der Waals surface area contributed by atoms with Gasteiger partial charge in [-0.05, 0) is 6.92 Å². The minimum absolute atomic E-state index is 1.14. The molecule has 0 saturated carbocycles. The maximum atomic E-state index is 2.18. The van der Waals surface area contributed by atoms with Gasteiger partial charge in [-0.15, -0.1) is 0 Å². The normalized spacial score (nSPS) is 9.30. The van der Waals surface area contributed by atoms with Gasteiger partial charge in [0.1, 0.15) is 0 Å². The summed E-state index contributed by atoms with van der Waals surface area (Å²) in [4.78, 5) is 4.31. The largest absolute Gasteiger partial charge is 0.365 e. The summed E-state index contributed by atoms with van der Waals surface area (Å²) in [5.74, 6) is 1.34. The maximum absolute atomic E-state index is 2.18. The van der Waals surface area contributed by atoms with Crippen molar-refractivity contribution in [2.75, 3.05) is 28.2 Å². The molecule has 0 aromatic heterocycles. The van der Waals surface area contributed by atoms with Crippen molar-refractivity contribution in [2.24, 2.45) is 0 Å². The van der Waals surface area contributed by atoms with Crippen LogP contribution in [0.4, 0.5) is 0 Å². The number of hydrogen-bond acceptors (Lipinski definition) is 2. The molecule has 0 aliphatic carbocycles. The minimum Gasteiger partial charge on any atom is -0.365 e. The predicted octanol–water partition coefficient (Wildman–Crippen LogP) is -0.336. The lowest BCUT2D eigenvalue weighted by molar-refractivity contribution is 0.340. The number of nitrogens with zero attached hydrogens (tertiary/aromatic N) is 2. The molecule has 0 aromatic carbocycles. The van der Waals surface area contributed by atoms with Crippen LogP contribution >= 0.6 is 0 Å². The molecule has 3 heteroatoms. The summed E-state index contributed by atoms with van der Waals surface area (Å²) in [7, 11) is 9.46. The van der Waals surface area contributed by atoms with Crippen molar-refractivity contribution >= 4 is 10.2 Å². The molecule has 0 radical (unpaired) electrons. The first-order valence-corrected chi connectivity index (χ1v) is 4.49. The van der Waals surface area contributed by atoms with Gasteiger partial charge in [0, 0.05) is 38.4 Å². The molecule has 0 rings (SSSR count). The standard InChI is InChI=1S/C7H18N2Si/c1-6(10)7(8(2)3)9(4)5/h1-5,10H3. The lowest BCUT2D eigenvalue weighted by Gasteiger charge is -2.26. The van der Waals surface area contributed by atoms with Crippen LogP contribution < -0.4 is 0 Å². The van der Waals surface area contributed by atoms with Gasteiger partial charge < -0.3 is 9.80 Å². The van der Waals surface area contributed by atoms with Gasteiger partial charge >= 0.3 is 0 Å². The molecule has 0 heterocycles. The summed E-state index contributed by atoms with van der Waals surface area (Å²) < 4.78 is 0. The lowest BCUT2D eigenvalue weighted by atomic mass is 10.5. The smallest absolute Gasteiger partial charge is 0.0967 e. The van der Waals surface area contributed by atoms with Crippen LogP contribution in [-0.4, -0.2) is 48.2 Å². The third-order valence-electron chi connectivity index (χ3n) is 1.29. The van der Waals surface area contributed by atoms with Gasteiger partial charge in [0.15, 0.2) is 0 Å². The Labute approximate surface area is 66.9 Å². The van der Waals surface area contributed by atoms with Crippen LogP contribution in [0, 0.1) is 0 Å². The SMILES string of the molecule is CC([SiH3])=C(N(C)C)N(C)C. The summed E-state index contributed by atoms with van der Waals surface area (Å²) >= 11 is 0. The Morgan fingerprint density at radius 3 is 1.30 bits per heavy atom. The molecule has 0 aliphatic rings. The van der Waals surface area contributed by atoms with Gasteiger partial charge in [0.2, 0.25) is 0 Å². The van der Waals surface area contributed by atoms with Crippen LogP contribution in [-0.2, 0) is 0 Å². The van der Waals surface area contributed by atoms with Crippen molar-refractivity contribution in [3.8, 4) is 0 Å². The quantitative estimate of drug-likeness (QED) is 0.508. The van der Waals surface area contributed by atoms with Gasteiger partial charge in [0.05, 0.1) is 5.82 Å². The zero-order valence-electron chi connectivity index (χ0n) is 7.89. The predicted molar refractivity (Wildman–Crippen MR) is 50.0 cm³/mol. The third-order valence-corrected chi connectivity index (χ3v) is 1.74. The van der Waals surface area contributed by atoms with Crippen molar-refractivity contribution in [1.82, 2.24) is 9.80 Å². The molecule has 0 amide bonds. The van der Waals surface area contributed by atoms with Gasteiger partial charge in [-0.25, -0.2) is 0 Å². The topological polar surface area (TPSA) is 6.48 Å². The van der Waals surface area contributed by atoms with Crippen LogP contribution in [0.2, 0.25) is 0 Å². The average Bonchev–Trinajstić information content (AvgIpc) is 1.59. The molecule has 0 saturated heterocycles. The second kappa shape index (κ2) is 3.66. The molecular weight excluding hydrogens is 140 g/mol. The fraction of sp³-hybridized carbons (Fsp3) is 0.714. The van der Waals surface area contributed by atoms with Crippen molar-refractivity contribution in [3.63, 3.8) is 0 Å². The zero-order valence-corrected chi connectivity index (χ0v) is 9.89. The Bertz CT molecular complexity index is 125. The molecule has 60 valence electrons.